The van der Waals surface area contributed by atoms with E-state index in [0.29, 0.717) is 6.04 Å². The SMILES string of the molecule is Cc1nn(C2CCNCC2)c2c1CNCC2. The normalized spacial score (nSPS) is 22.1. The molecule has 0 atom stereocenters. The first kappa shape index (κ1) is 10.3. The molecular formula is C12H20N4. The number of hydrogen-bond acceptors (Lipinski definition) is 3. The Kier molecular flexibility index (Phi) is 2.69. The van der Waals surface area contributed by atoms with Crippen LogP contribution in [0.15, 0.2) is 0 Å². The third-order valence-corrected chi connectivity index (χ3v) is 3.81. The summed E-state index contributed by atoms with van der Waals surface area (Å²) >= 11 is 0. The number of aryl methyl sites for hydroxylation is 1. The van der Waals surface area contributed by atoms with Crippen LogP contribution >= 0.6 is 0 Å². The van der Waals surface area contributed by atoms with Crippen LogP contribution in [-0.2, 0) is 13.0 Å². The Morgan fingerprint density at radius 3 is 2.81 bits per heavy atom. The van der Waals surface area contributed by atoms with Gasteiger partial charge in [0, 0.05) is 30.8 Å². The van der Waals surface area contributed by atoms with Gasteiger partial charge in [0.1, 0.15) is 0 Å². The topological polar surface area (TPSA) is 41.9 Å². The molecule has 0 saturated carbocycles. The number of hydrogen-bond donors (Lipinski definition) is 2. The zero-order chi connectivity index (χ0) is 11.0. The van der Waals surface area contributed by atoms with Crippen molar-refractivity contribution >= 4 is 0 Å². The number of fused-ring (bicyclic) bond motifs is 1. The van der Waals surface area contributed by atoms with E-state index in [1.54, 1.807) is 0 Å². The molecule has 0 unspecified atom stereocenters. The lowest BCUT2D eigenvalue weighted by atomic mass is 10.0. The van der Waals surface area contributed by atoms with Crippen molar-refractivity contribution in [1.29, 1.82) is 0 Å². The van der Waals surface area contributed by atoms with Crippen LogP contribution in [0.2, 0.25) is 0 Å². The molecule has 0 amide bonds. The van der Waals surface area contributed by atoms with Crippen LogP contribution in [0.25, 0.3) is 0 Å². The van der Waals surface area contributed by atoms with Gasteiger partial charge >= 0.3 is 0 Å². The molecule has 1 aromatic rings. The highest BCUT2D eigenvalue weighted by atomic mass is 15.3. The molecule has 2 N–H and O–H groups in total. The highest BCUT2D eigenvalue weighted by Gasteiger charge is 2.23. The van der Waals surface area contributed by atoms with Crippen molar-refractivity contribution in [2.24, 2.45) is 0 Å². The highest BCUT2D eigenvalue weighted by molar-refractivity contribution is 5.28. The molecule has 0 bridgehead atoms. The number of nitrogens with one attached hydrogen (secondary N) is 2. The van der Waals surface area contributed by atoms with E-state index >= 15 is 0 Å². The second-order valence-corrected chi connectivity index (χ2v) is 4.86. The molecule has 2 aliphatic rings. The fourth-order valence-electron chi connectivity index (χ4n) is 2.90. The van der Waals surface area contributed by atoms with Gasteiger partial charge in [0.25, 0.3) is 0 Å². The Labute approximate surface area is 96.4 Å². The van der Waals surface area contributed by atoms with Crippen molar-refractivity contribution in [3.63, 3.8) is 0 Å². The first-order valence-electron chi connectivity index (χ1n) is 6.34. The van der Waals surface area contributed by atoms with Crippen LogP contribution in [-0.4, -0.2) is 29.4 Å². The maximum atomic E-state index is 4.76. The molecule has 0 aromatic carbocycles. The summed E-state index contributed by atoms with van der Waals surface area (Å²) in [5, 5.41) is 11.6. The van der Waals surface area contributed by atoms with E-state index in [1.165, 1.54) is 29.8 Å². The van der Waals surface area contributed by atoms with Gasteiger partial charge < -0.3 is 10.6 Å². The van der Waals surface area contributed by atoms with Gasteiger partial charge in [0.15, 0.2) is 0 Å². The Hall–Kier alpha value is -0.870. The van der Waals surface area contributed by atoms with Gasteiger partial charge in [-0.15, -0.1) is 0 Å². The summed E-state index contributed by atoms with van der Waals surface area (Å²) in [6.07, 6.45) is 3.59. The van der Waals surface area contributed by atoms with Crippen molar-refractivity contribution in [3.05, 3.63) is 17.0 Å². The summed E-state index contributed by atoms with van der Waals surface area (Å²) < 4.78 is 2.33. The molecule has 2 aliphatic heterocycles. The first-order valence-corrected chi connectivity index (χ1v) is 6.34. The van der Waals surface area contributed by atoms with Gasteiger partial charge in [0.05, 0.1) is 11.7 Å². The summed E-state index contributed by atoms with van der Waals surface area (Å²) in [6.45, 7) is 6.52. The van der Waals surface area contributed by atoms with Crippen molar-refractivity contribution in [2.45, 2.75) is 38.8 Å². The molecule has 16 heavy (non-hydrogen) atoms. The summed E-state index contributed by atoms with van der Waals surface area (Å²) in [6, 6.07) is 0.627. The van der Waals surface area contributed by atoms with E-state index < -0.39 is 0 Å². The van der Waals surface area contributed by atoms with E-state index in [0.717, 1.165) is 32.6 Å². The van der Waals surface area contributed by atoms with Crippen molar-refractivity contribution < 1.29 is 0 Å². The zero-order valence-electron chi connectivity index (χ0n) is 9.92. The Morgan fingerprint density at radius 1 is 1.19 bits per heavy atom. The summed E-state index contributed by atoms with van der Waals surface area (Å²) in [5.41, 5.74) is 4.16. The molecule has 3 heterocycles. The third kappa shape index (κ3) is 1.66. The summed E-state index contributed by atoms with van der Waals surface area (Å²) in [4.78, 5) is 0. The lowest BCUT2D eigenvalue weighted by Crippen LogP contribution is -2.32. The van der Waals surface area contributed by atoms with Crippen LogP contribution < -0.4 is 10.6 Å². The van der Waals surface area contributed by atoms with Crippen LogP contribution in [0.5, 0.6) is 0 Å². The number of aromatic nitrogens is 2. The van der Waals surface area contributed by atoms with Crippen molar-refractivity contribution in [1.82, 2.24) is 20.4 Å². The van der Waals surface area contributed by atoms with Crippen molar-refractivity contribution in [2.75, 3.05) is 19.6 Å². The Balaban J connectivity index is 1.93. The number of nitrogens with zero attached hydrogens (tertiary/aromatic N) is 2. The lowest BCUT2D eigenvalue weighted by Gasteiger charge is -2.26. The molecule has 88 valence electrons. The molecular weight excluding hydrogens is 200 g/mol. The minimum atomic E-state index is 0.627. The van der Waals surface area contributed by atoms with E-state index in [4.69, 9.17) is 5.10 Å². The average Bonchev–Trinajstić information content (AvgIpc) is 2.69. The molecule has 4 heteroatoms. The quantitative estimate of drug-likeness (QED) is 0.734. The number of piperidine rings is 1. The molecule has 0 spiro atoms. The third-order valence-electron chi connectivity index (χ3n) is 3.81. The van der Waals surface area contributed by atoms with Gasteiger partial charge in [-0.2, -0.15) is 5.10 Å². The summed E-state index contributed by atoms with van der Waals surface area (Å²) in [5.74, 6) is 0. The second kappa shape index (κ2) is 4.18. The standard InChI is InChI=1S/C12H20N4/c1-9-11-8-14-7-4-12(11)16(15-9)10-2-5-13-6-3-10/h10,13-14H,2-8H2,1H3. The predicted octanol–water partition coefficient (Wildman–Crippen LogP) is 0.762. The predicted molar refractivity (Wildman–Crippen MR) is 63.5 cm³/mol. The van der Waals surface area contributed by atoms with Gasteiger partial charge in [-0.25, -0.2) is 0 Å². The van der Waals surface area contributed by atoms with E-state index in [-0.39, 0.29) is 0 Å². The Morgan fingerprint density at radius 2 is 2.00 bits per heavy atom. The van der Waals surface area contributed by atoms with E-state index in [2.05, 4.69) is 22.2 Å². The minimum Gasteiger partial charge on any atom is -0.317 e. The van der Waals surface area contributed by atoms with Crippen molar-refractivity contribution in [3.8, 4) is 0 Å². The Bertz CT molecular complexity index is 377. The molecule has 1 fully saturated rings. The van der Waals surface area contributed by atoms with Crippen LogP contribution in [0.1, 0.15) is 35.8 Å². The van der Waals surface area contributed by atoms with Gasteiger partial charge in [-0.05, 0) is 32.9 Å². The molecule has 1 saturated heterocycles. The summed E-state index contributed by atoms with van der Waals surface area (Å²) in [7, 11) is 0. The van der Waals surface area contributed by atoms with E-state index in [1.807, 2.05) is 0 Å². The minimum absolute atomic E-state index is 0.627. The van der Waals surface area contributed by atoms with Gasteiger partial charge in [-0.3, -0.25) is 4.68 Å². The molecule has 0 aliphatic carbocycles. The van der Waals surface area contributed by atoms with Gasteiger partial charge in [0.2, 0.25) is 0 Å². The van der Waals surface area contributed by atoms with Crippen LogP contribution in [0.3, 0.4) is 0 Å². The fourth-order valence-corrected chi connectivity index (χ4v) is 2.90. The van der Waals surface area contributed by atoms with Crippen LogP contribution in [0.4, 0.5) is 0 Å². The van der Waals surface area contributed by atoms with E-state index in [9.17, 15) is 0 Å². The lowest BCUT2D eigenvalue weighted by molar-refractivity contribution is 0.332. The largest absolute Gasteiger partial charge is 0.317 e. The molecule has 0 radical (unpaired) electrons. The monoisotopic (exact) mass is 220 g/mol. The van der Waals surface area contributed by atoms with Crippen LogP contribution in [0, 0.1) is 6.92 Å². The molecule has 3 rings (SSSR count). The maximum Gasteiger partial charge on any atom is 0.0641 e. The molecule has 1 aromatic heterocycles. The second-order valence-electron chi connectivity index (χ2n) is 4.86. The molecule has 4 nitrogen and oxygen atoms in total. The maximum absolute atomic E-state index is 4.76. The van der Waals surface area contributed by atoms with Gasteiger partial charge in [-0.1, -0.05) is 0 Å². The first-order chi connectivity index (χ1) is 7.86. The smallest absolute Gasteiger partial charge is 0.0641 e. The fraction of sp³-hybridized carbons (Fsp3) is 0.750. The zero-order valence-corrected chi connectivity index (χ0v) is 9.92. The average molecular weight is 220 g/mol. The number of rotatable bonds is 1. The highest BCUT2D eigenvalue weighted by Crippen LogP contribution is 2.25.